The van der Waals surface area contributed by atoms with Gasteiger partial charge in [-0.3, -0.25) is 14.0 Å². The van der Waals surface area contributed by atoms with E-state index in [0.29, 0.717) is 34.5 Å². The number of aromatic nitrogens is 2. The normalized spacial score (nSPS) is 14.3. The van der Waals surface area contributed by atoms with E-state index in [-0.39, 0.29) is 11.5 Å². The van der Waals surface area contributed by atoms with Crippen LogP contribution in [0, 0.1) is 13.8 Å². The molecule has 1 saturated heterocycles. The lowest BCUT2D eigenvalue weighted by Crippen LogP contribution is -2.49. The number of carbonyl (C=O) groups excluding carboxylic acids is 1. The van der Waals surface area contributed by atoms with Crippen molar-refractivity contribution < 1.29 is 9.53 Å². The van der Waals surface area contributed by atoms with E-state index in [1.165, 1.54) is 15.7 Å². The zero-order chi connectivity index (χ0) is 22.4. The van der Waals surface area contributed by atoms with Crippen LogP contribution in [0.4, 0.5) is 5.69 Å². The molecule has 0 radical (unpaired) electrons. The van der Waals surface area contributed by atoms with Crippen molar-refractivity contribution >= 4 is 38.8 Å². The number of ether oxygens (including phenoxy) is 1. The molecule has 0 saturated carbocycles. The number of rotatable bonds is 3. The molecular formula is C24H24N4O3S. The number of pyridine rings is 1. The van der Waals surface area contributed by atoms with Crippen LogP contribution in [0.3, 0.4) is 0 Å². The molecule has 4 aromatic rings. The number of thiophene rings is 1. The van der Waals surface area contributed by atoms with Crippen molar-refractivity contribution in [3.8, 4) is 5.75 Å². The molecule has 0 bridgehead atoms. The number of aryl methyl sites for hydroxylation is 2. The van der Waals surface area contributed by atoms with Gasteiger partial charge in [0.1, 0.15) is 10.6 Å². The van der Waals surface area contributed by atoms with E-state index in [1.807, 2.05) is 43.0 Å². The van der Waals surface area contributed by atoms with Crippen LogP contribution < -0.4 is 15.2 Å². The highest BCUT2D eigenvalue weighted by Gasteiger charge is 2.25. The van der Waals surface area contributed by atoms with Gasteiger partial charge in [-0.25, -0.2) is 4.98 Å². The zero-order valence-corrected chi connectivity index (χ0v) is 19.1. The molecule has 0 aliphatic carbocycles. The Kier molecular flexibility index (Phi) is 5.09. The highest BCUT2D eigenvalue weighted by atomic mass is 32.1. The third-order valence-corrected chi connectivity index (χ3v) is 7.31. The van der Waals surface area contributed by atoms with Gasteiger partial charge in [-0.1, -0.05) is 0 Å². The average molecular weight is 449 g/mol. The molecule has 164 valence electrons. The number of benzene rings is 1. The highest BCUT2D eigenvalue weighted by Crippen LogP contribution is 2.27. The first-order valence-corrected chi connectivity index (χ1v) is 11.4. The van der Waals surface area contributed by atoms with Crippen LogP contribution in [0.15, 0.2) is 47.4 Å². The molecule has 5 rings (SSSR count). The summed E-state index contributed by atoms with van der Waals surface area (Å²) in [7, 11) is 1.65. The van der Waals surface area contributed by atoms with E-state index >= 15 is 0 Å². The predicted octanol–water partition coefficient (Wildman–Crippen LogP) is 3.50. The Balaban J connectivity index is 1.43. The van der Waals surface area contributed by atoms with Crippen LogP contribution in [0.25, 0.3) is 15.9 Å². The van der Waals surface area contributed by atoms with Crippen LogP contribution in [0.2, 0.25) is 0 Å². The van der Waals surface area contributed by atoms with Crippen LogP contribution >= 0.6 is 11.3 Å². The predicted molar refractivity (Wildman–Crippen MR) is 127 cm³/mol. The second-order valence-electron chi connectivity index (χ2n) is 7.97. The van der Waals surface area contributed by atoms with Crippen molar-refractivity contribution in [3.05, 3.63) is 69.0 Å². The number of methoxy groups -OCH3 is 1. The molecule has 8 heteroatoms. The van der Waals surface area contributed by atoms with Crippen LogP contribution in [0.5, 0.6) is 5.75 Å². The number of fused-ring (bicyclic) bond motifs is 2. The first-order chi connectivity index (χ1) is 15.5. The topological polar surface area (TPSA) is 67.2 Å². The van der Waals surface area contributed by atoms with Gasteiger partial charge >= 0.3 is 0 Å². The average Bonchev–Trinajstić information content (AvgIpc) is 3.12. The number of carbonyl (C=O) groups is 1. The molecular weight excluding hydrogens is 424 g/mol. The fraction of sp³-hybridized carbons (Fsp3) is 0.292. The minimum Gasteiger partial charge on any atom is -0.497 e. The van der Waals surface area contributed by atoms with Crippen molar-refractivity contribution in [2.75, 3.05) is 38.2 Å². The molecule has 3 aromatic heterocycles. The van der Waals surface area contributed by atoms with E-state index in [9.17, 15) is 9.59 Å². The maximum atomic E-state index is 13.4. The van der Waals surface area contributed by atoms with Gasteiger partial charge in [0, 0.05) is 42.9 Å². The Morgan fingerprint density at radius 2 is 1.78 bits per heavy atom. The fourth-order valence-corrected chi connectivity index (χ4v) is 5.25. The summed E-state index contributed by atoms with van der Waals surface area (Å²) in [6.45, 7) is 6.63. The van der Waals surface area contributed by atoms with Gasteiger partial charge in [-0.05, 0) is 55.8 Å². The molecule has 0 N–H and O–H groups in total. The van der Waals surface area contributed by atoms with E-state index in [4.69, 9.17) is 9.72 Å². The van der Waals surface area contributed by atoms with Gasteiger partial charge in [0.05, 0.1) is 18.1 Å². The van der Waals surface area contributed by atoms with Crippen LogP contribution in [-0.2, 0) is 0 Å². The van der Waals surface area contributed by atoms with E-state index in [0.717, 1.165) is 35.0 Å². The van der Waals surface area contributed by atoms with Crippen LogP contribution in [-0.4, -0.2) is 53.5 Å². The Morgan fingerprint density at radius 3 is 2.47 bits per heavy atom. The molecule has 1 aromatic carbocycles. The third-order valence-electron chi connectivity index (χ3n) is 6.21. The fourth-order valence-electron chi connectivity index (χ4n) is 4.23. The van der Waals surface area contributed by atoms with E-state index in [1.54, 1.807) is 25.4 Å². The minimum atomic E-state index is -0.120. The Hall–Kier alpha value is -3.39. The lowest BCUT2D eigenvalue weighted by atomic mass is 10.1. The largest absolute Gasteiger partial charge is 0.497 e. The summed E-state index contributed by atoms with van der Waals surface area (Å²) in [5, 5.41) is 0.641. The summed E-state index contributed by atoms with van der Waals surface area (Å²) in [5.41, 5.74) is 2.85. The summed E-state index contributed by atoms with van der Waals surface area (Å²) in [6.07, 6.45) is 1.69. The van der Waals surface area contributed by atoms with Gasteiger partial charge in [-0.15, -0.1) is 11.3 Å². The Bertz CT molecular complexity index is 1380. The molecule has 1 amide bonds. The third kappa shape index (κ3) is 3.31. The number of piperazine rings is 1. The molecule has 32 heavy (non-hydrogen) atoms. The van der Waals surface area contributed by atoms with E-state index in [2.05, 4.69) is 4.90 Å². The Morgan fingerprint density at radius 1 is 1.06 bits per heavy atom. The number of anilines is 1. The molecule has 0 spiro atoms. The number of hydrogen-bond acceptors (Lipinski definition) is 6. The molecule has 1 aliphatic rings. The highest BCUT2D eigenvalue weighted by molar-refractivity contribution is 7.18. The SMILES string of the molecule is COc1ccc(N2CCN(C(=O)c3cccn4c(=O)c5c(C)c(C)sc5nc34)CC2)cc1. The molecule has 0 unspecified atom stereocenters. The second kappa shape index (κ2) is 7.94. The minimum absolute atomic E-state index is 0.0891. The lowest BCUT2D eigenvalue weighted by Gasteiger charge is -2.36. The monoisotopic (exact) mass is 448 g/mol. The molecule has 1 fully saturated rings. The molecule has 4 heterocycles. The lowest BCUT2D eigenvalue weighted by molar-refractivity contribution is 0.0748. The number of amides is 1. The standard InChI is InChI=1S/C24H24N4O3S/c1-15-16(2)32-22-20(15)24(30)28-10-4-5-19(21(28)25-22)23(29)27-13-11-26(12-14-27)17-6-8-18(31-3)9-7-17/h4-10H,11-14H2,1-3H3. The van der Waals surface area contributed by atoms with Crippen molar-refractivity contribution in [3.63, 3.8) is 0 Å². The van der Waals surface area contributed by atoms with Gasteiger partial charge in [0.2, 0.25) is 0 Å². The van der Waals surface area contributed by atoms with Crippen molar-refractivity contribution in [1.29, 1.82) is 0 Å². The number of nitrogens with zero attached hydrogens (tertiary/aromatic N) is 4. The Labute approximate surface area is 189 Å². The van der Waals surface area contributed by atoms with Crippen LogP contribution in [0.1, 0.15) is 20.8 Å². The van der Waals surface area contributed by atoms with Crippen molar-refractivity contribution in [2.24, 2.45) is 0 Å². The van der Waals surface area contributed by atoms with Gasteiger partial charge in [-0.2, -0.15) is 0 Å². The summed E-state index contributed by atoms with van der Waals surface area (Å²) in [4.78, 5) is 37.1. The maximum Gasteiger partial charge on any atom is 0.266 e. The quantitative estimate of drug-likeness (QED) is 0.480. The maximum absolute atomic E-state index is 13.4. The van der Waals surface area contributed by atoms with Gasteiger partial charge in [0.15, 0.2) is 5.65 Å². The van der Waals surface area contributed by atoms with Crippen molar-refractivity contribution in [1.82, 2.24) is 14.3 Å². The van der Waals surface area contributed by atoms with Gasteiger partial charge < -0.3 is 14.5 Å². The summed E-state index contributed by atoms with van der Waals surface area (Å²) in [6, 6.07) is 11.5. The number of hydrogen-bond donors (Lipinski definition) is 0. The molecule has 0 atom stereocenters. The summed E-state index contributed by atoms with van der Waals surface area (Å²) in [5.74, 6) is 0.736. The molecule has 1 aliphatic heterocycles. The summed E-state index contributed by atoms with van der Waals surface area (Å²) < 4.78 is 6.73. The second-order valence-corrected chi connectivity index (χ2v) is 9.18. The smallest absolute Gasteiger partial charge is 0.266 e. The molecule has 7 nitrogen and oxygen atoms in total. The summed E-state index contributed by atoms with van der Waals surface area (Å²) >= 11 is 1.50. The van der Waals surface area contributed by atoms with Gasteiger partial charge in [0.25, 0.3) is 11.5 Å². The first-order valence-electron chi connectivity index (χ1n) is 10.6. The van der Waals surface area contributed by atoms with E-state index < -0.39 is 0 Å². The first kappa shape index (κ1) is 20.5. The zero-order valence-electron chi connectivity index (χ0n) is 18.3. The van der Waals surface area contributed by atoms with Crippen molar-refractivity contribution in [2.45, 2.75) is 13.8 Å².